The molecule has 0 aliphatic carbocycles. The number of rotatable bonds is 4. The van der Waals surface area contributed by atoms with Crippen LogP contribution in [-0.4, -0.2) is 17.7 Å². The van der Waals surface area contributed by atoms with E-state index >= 15 is 0 Å². The normalized spacial score (nSPS) is 17.8. The first-order valence-electron chi connectivity index (χ1n) is 6.34. The van der Waals surface area contributed by atoms with Gasteiger partial charge in [-0.3, -0.25) is 0 Å². The summed E-state index contributed by atoms with van der Waals surface area (Å²) >= 11 is 11.1. The van der Waals surface area contributed by atoms with Crippen LogP contribution in [0.5, 0.6) is 0 Å². The maximum absolute atomic E-state index is 12.2. The van der Waals surface area contributed by atoms with Crippen molar-refractivity contribution in [2.45, 2.75) is 13.0 Å². The molecule has 1 aromatic rings. The zero-order chi connectivity index (χ0) is 15.4. The summed E-state index contributed by atoms with van der Waals surface area (Å²) < 4.78 is 5.15. The molecule has 0 radical (unpaired) electrons. The van der Waals surface area contributed by atoms with Crippen LogP contribution in [0, 0.1) is 0 Å². The average molecular weight is 323 g/mol. The number of thiocarbonyl (C=S) groups is 1. The first-order valence-corrected chi connectivity index (χ1v) is 7.13. The van der Waals surface area contributed by atoms with Crippen LogP contribution >= 0.6 is 23.8 Å². The number of allylic oxidation sites excluding steroid dienone is 1. The van der Waals surface area contributed by atoms with Gasteiger partial charge >= 0.3 is 5.97 Å². The molecule has 0 saturated heterocycles. The van der Waals surface area contributed by atoms with Gasteiger partial charge in [-0.15, -0.1) is 0 Å². The van der Waals surface area contributed by atoms with E-state index in [-0.39, 0.29) is 12.6 Å². The second-order valence-corrected chi connectivity index (χ2v) is 5.35. The van der Waals surface area contributed by atoms with E-state index in [0.29, 0.717) is 21.4 Å². The molecule has 2 rings (SSSR count). The van der Waals surface area contributed by atoms with Crippen molar-refractivity contribution < 1.29 is 9.53 Å². The van der Waals surface area contributed by atoms with Crippen molar-refractivity contribution >= 4 is 34.9 Å². The van der Waals surface area contributed by atoms with E-state index < -0.39 is 5.97 Å². The van der Waals surface area contributed by atoms with E-state index in [1.54, 1.807) is 19.1 Å². The highest BCUT2D eigenvalue weighted by molar-refractivity contribution is 7.80. The van der Waals surface area contributed by atoms with Crippen LogP contribution < -0.4 is 10.6 Å². The Kier molecular flexibility index (Phi) is 4.98. The minimum atomic E-state index is -0.408. The zero-order valence-corrected chi connectivity index (χ0v) is 13.1. The molecule has 1 aliphatic rings. The standard InChI is InChI=1S/C15H15ClN2O2S/c1-3-8-20-14(19)12-9(2)17-15(21)18-13(12)10-4-6-11(16)7-5-10/h3-7,13H,1,8H2,2H3,(H2,17,18,21). The largest absolute Gasteiger partial charge is 0.458 e. The topological polar surface area (TPSA) is 50.4 Å². The van der Waals surface area contributed by atoms with E-state index in [1.807, 2.05) is 12.1 Å². The molecular formula is C15H15ClN2O2S. The number of ether oxygens (including phenoxy) is 1. The van der Waals surface area contributed by atoms with Crippen LogP contribution in [0.25, 0.3) is 0 Å². The fourth-order valence-electron chi connectivity index (χ4n) is 2.08. The van der Waals surface area contributed by atoms with Gasteiger partial charge in [0.25, 0.3) is 0 Å². The molecule has 1 aromatic carbocycles. The molecular weight excluding hydrogens is 308 g/mol. The van der Waals surface area contributed by atoms with Crippen LogP contribution in [0.15, 0.2) is 48.2 Å². The molecule has 2 N–H and O–H groups in total. The van der Waals surface area contributed by atoms with Gasteiger partial charge in [0, 0.05) is 10.7 Å². The van der Waals surface area contributed by atoms with Crippen molar-refractivity contribution in [2.24, 2.45) is 0 Å². The molecule has 1 unspecified atom stereocenters. The maximum atomic E-state index is 12.2. The lowest BCUT2D eigenvalue weighted by atomic mass is 9.96. The average Bonchev–Trinajstić information content (AvgIpc) is 2.44. The lowest BCUT2D eigenvalue weighted by Crippen LogP contribution is -2.45. The van der Waals surface area contributed by atoms with Gasteiger partial charge in [0.15, 0.2) is 5.11 Å². The summed E-state index contributed by atoms with van der Waals surface area (Å²) in [5.41, 5.74) is 2.05. The highest BCUT2D eigenvalue weighted by atomic mass is 35.5. The number of carbonyl (C=O) groups is 1. The molecule has 1 atom stereocenters. The van der Waals surface area contributed by atoms with Gasteiger partial charge in [0.2, 0.25) is 0 Å². The minimum Gasteiger partial charge on any atom is -0.458 e. The molecule has 0 aromatic heterocycles. The first-order chi connectivity index (χ1) is 10.0. The molecule has 0 amide bonds. The third-order valence-corrected chi connectivity index (χ3v) is 3.50. The fourth-order valence-corrected chi connectivity index (χ4v) is 2.48. The molecule has 1 heterocycles. The fraction of sp³-hybridized carbons (Fsp3) is 0.200. The Morgan fingerprint density at radius 2 is 2.14 bits per heavy atom. The SMILES string of the molecule is C=CCOC(=O)C1=C(C)NC(=S)NC1c1ccc(Cl)cc1. The highest BCUT2D eigenvalue weighted by Gasteiger charge is 2.30. The van der Waals surface area contributed by atoms with Gasteiger partial charge in [0.1, 0.15) is 6.61 Å². The minimum absolute atomic E-state index is 0.160. The van der Waals surface area contributed by atoms with E-state index in [4.69, 9.17) is 28.6 Å². The van der Waals surface area contributed by atoms with Crippen LogP contribution in [0.3, 0.4) is 0 Å². The summed E-state index contributed by atoms with van der Waals surface area (Å²) in [5.74, 6) is -0.408. The number of hydrogen-bond donors (Lipinski definition) is 2. The lowest BCUT2D eigenvalue weighted by molar-refractivity contribution is -0.138. The summed E-state index contributed by atoms with van der Waals surface area (Å²) in [6.07, 6.45) is 1.53. The van der Waals surface area contributed by atoms with E-state index in [0.717, 1.165) is 5.56 Å². The predicted molar refractivity (Wildman–Crippen MR) is 86.9 cm³/mol. The quantitative estimate of drug-likeness (QED) is 0.507. The van der Waals surface area contributed by atoms with Crippen molar-refractivity contribution in [2.75, 3.05) is 6.61 Å². The Bertz CT molecular complexity index is 611. The van der Waals surface area contributed by atoms with Gasteiger partial charge in [-0.25, -0.2) is 4.79 Å². The third-order valence-electron chi connectivity index (χ3n) is 3.02. The van der Waals surface area contributed by atoms with E-state index in [9.17, 15) is 4.79 Å². The number of halogens is 1. The van der Waals surface area contributed by atoms with Crippen LogP contribution in [-0.2, 0) is 9.53 Å². The number of carbonyl (C=O) groups excluding carboxylic acids is 1. The molecule has 6 heteroatoms. The smallest absolute Gasteiger partial charge is 0.338 e. The summed E-state index contributed by atoms with van der Waals surface area (Å²) in [6, 6.07) is 6.87. The van der Waals surface area contributed by atoms with Gasteiger partial charge in [-0.05, 0) is 36.8 Å². The van der Waals surface area contributed by atoms with Crippen LogP contribution in [0.2, 0.25) is 5.02 Å². The number of benzene rings is 1. The third kappa shape index (κ3) is 3.62. The predicted octanol–water partition coefficient (Wildman–Crippen LogP) is 2.86. The number of esters is 1. The van der Waals surface area contributed by atoms with E-state index in [2.05, 4.69) is 17.2 Å². The summed E-state index contributed by atoms with van der Waals surface area (Å²) in [4.78, 5) is 12.2. The molecule has 0 fully saturated rings. The molecule has 110 valence electrons. The molecule has 0 bridgehead atoms. The monoisotopic (exact) mass is 322 g/mol. The Morgan fingerprint density at radius 1 is 1.48 bits per heavy atom. The Morgan fingerprint density at radius 3 is 2.76 bits per heavy atom. The highest BCUT2D eigenvalue weighted by Crippen LogP contribution is 2.28. The van der Waals surface area contributed by atoms with E-state index in [1.165, 1.54) is 6.08 Å². The lowest BCUT2D eigenvalue weighted by Gasteiger charge is -2.29. The Hall–Kier alpha value is -1.85. The summed E-state index contributed by atoms with van der Waals surface area (Å²) in [7, 11) is 0. The summed E-state index contributed by atoms with van der Waals surface area (Å²) in [6.45, 7) is 5.49. The Labute approximate surface area is 133 Å². The van der Waals surface area contributed by atoms with Crippen molar-refractivity contribution in [3.8, 4) is 0 Å². The van der Waals surface area contributed by atoms with Crippen molar-refractivity contribution in [1.29, 1.82) is 0 Å². The number of hydrogen-bond acceptors (Lipinski definition) is 3. The van der Waals surface area contributed by atoms with Gasteiger partial charge < -0.3 is 15.4 Å². The molecule has 0 saturated carbocycles. The first kappa shape index (κ1) is 15.5. The zero-order valence-electron chi connectivity index (χ0n) is 11.5. The maximum Gasteiger partial charge on any atom is 0.338 e. The van der Waals surface area contributed by atoms with Crippen molar-refractivity contribution in [3.05, 3.63) is 58.8 Å². The second kappa shape index (κ2) is 6.74. The van der Waals surface area contributed by atoms with Crippen LogP contribution in [0.4, 0.5) is 0 Å². The van der Waals surface area contributed by atoms with Gasteiger partial charge in [-0.2, -0.15) is 0 Å². The van der Waals surface area contributed by atoms with Crippen molar-refractivity contribution in [3.63, 3.8) is 0 Å². The Balaban J connectivity index is 2.37. The molecule has 21 heavy (non-hydrogen) atoms. The van der Waals surface area contributed by atoms with Gasteiger partial charge in [-0.1, -0.05) is 36.4 Å². The molecule has 4 nitrogen and oxygen atoms in total. The summed E-state index contributed by atoms with van der Waals surface area (Å²) in [5, 5.41) is 7.12. The second-order valence-electron chi connectivity index (χ2n) is 4.51. The van der Waals surface area contributed by atoms with Crippen LogP contribution in [0.1, 0.15) is 18.5 Å². The molecule has 0 spiro atoms. The molecule has 1 aliphatic heterocycles. The van der Waals surface area contributed by atoms with Gasteiger partial charge in [0.05, 0.1) is 11.6 Å². The van der Waals surface area contributed by atoms with Crippen molar-refractivity contribution in [1.82, 2.24) is 10.6 Å². The number of nitrogens with one attached hydrogen (secondary N) is 2.